The van der Waals surface area contributed by atoms with Crippen LogP contribution in [0.5, 0.6) is 5.75 Å². The molecule has 0 spiro atoms. The first kappa shape index (κ1) is 26.8. The molecule has 1 aromatic heterocycles. The van der Waals surface area contributed by atoms with Gasteiger partial charge in [-0.05, 0) is 41.8 Å². The summed E-state index contributed by atoms with van der Waals surface area (Å²) < 4.78 is 11.6. The third-order valence-corrected chi connectivity index (χ3v) is 7.57. The van der Waals surface area contributed by atoms with E-state index >= 15 is 0 Å². The van der Waals surface area contributed by atoms with Gasteiger partial charge in [-0.25, -0.2) is 9.78 Å². The van der Waals surface area contributed by atoms with Gasteiger partial charge in [0.05, 0.1) is 12.3 Å². The summed E-state index contributed by atoms with van der Waals surface area (Å²) in [5.41, 5.74) is 4.57. The van der Waals surface area contributed by atoms with Gasteiger partial charge in [0.2, 0.25) is 0 Å². The van der Waals surface area contributed by atoms with Gasteiger partial charge >= 0.3 is 5.97 Å². The standard InChI is InChI=1S/C31H35NO4S/c1-6-35-28(30(33)34)19-22-13-16-27(25-10-8-7-9-24(22)25)36-18-17-26-20(2)37-29(32-26)21-11-14-23(15-12-21)31(3,4)5/h7-16,28H,6,17-19H2,1-5H3,(H,33,34). The van der Waals surface area contributed by atoms with Gasteiger partial charge in [-0.1, -0.05) is 75.4 Å². The van der Waals surface area contributed by atoms with E-state index < -0.39 is 12.1 Å². The Morgan fingerprint density at radius 2 is 1.73 bits per heavy atom. The Morgan fingerprint density at radius 3 is 2.38 bits per heavy atom. The number of nitrogens with zero attached hydrogens (tertiary/aromatic N) is 1. The zero-order valence-corrected chi connectivity index (χ0v) is 23.0. The van der Waals surface area contributed by atoms with Crippen molar-refractivity contribution in [1.82, 2.24) is 4.98 Å². The lowest BCUT2D eigenvalue weighted by Gasteiger charge is -2.18. The SMILES string of the molecule is CCOC(Cc1ccc(OCCc2nc(-c3ccc(C(C)(C)C)cc3)sc2C)c2ccccc12)C(=O)O. The van der Waals surface area contributed by atoms with Gasteiger partial charge in [-0.3, -0.25) is 0 Å². The van der Waals surface area contributed by atoms with Gasteiger partial charge in [0, 0.05) is 35.3 Å². The number of fused-ring (bicyclic) bond motifs is 1. The molecular weight excluding hydrogens is 482 g/mol. The molecule has 0 radical (unpaired) electrons. The molecule has 6 heteroatoms. The van der Waals surface area contributed by atoms with E-state index in [0.29, 0.717) is 26.1 Å². The largest absolute Gasteiger partial charge is 0.493 e. The van der Waals surface area contributed by atoms with Crippen LogP contribution in [0.1, 0.15) is 49.4 Å². The molecule has 1 heterocycles. The minimum Gasteiger partial charge on any atom is -0.493 e. The van der Waals surface area contributed by atoms with Crippen molar-refractivity contribution < 1.29 is 19.4 Å². The number of aromatic nitrogens is 1. The molecule has 1 unspecified atom stereocenters. The van der Waals surface area contributed by atoms with Crippen molar-refractivity contribution >= 4 is 28.1 Å². The van der Waals surface area contributed by atoms with Crippen LogP contribution in [0.3, 0.4) is 0 Å². The second-order valence-corrected chi connectivity index (χ2v) is 11.4. The fraction of sp³-hybridized carbons (Fsp3) is 0.355. The summed E-state index contributed by atoms with van der Waals surface area (Å²) in [5.74, 6) is -0.164. The number of hydrogen-bond acceptors (Lipinski definition) is 5. The molecule has 1 N–H and O–H groups in total. The Hall–Kier alpha value is -3.22. The molecule has 0 aliphatic rings. The number of thiazole rings is 1. The van der Waals surface area contributed by atoms with E-state index in [-0.39, 0.29) is 5.41 Å². The number of carboxylic acid groups (broad SMARTS) is 1. The molecule has 4 aromatic rings. The van der Waals surface area contributed by atoms with Crippen molar-refractivity contribution in [3.8, 4) is 16.3 Å². The first-order chi connectivity index (χ1) is 17.7. The van der Waals surface area contributed by atoms with Crippen LogP contribution < -0.4 is 4.74 Å². The fourth-order valence-electron chi connectivity index (χ4n) is 4.41. The predicted molar refractivity (Wildman–Crippen MR) is 151 cm³/mol. The Bertz CT molecular complexity index is 1370. The van der Waals surface area contributed by atoms with Crippen LogP contribution in [0.2, 0.25) is 0 Å². The van der Waals surface area contributed by atoms with E-state index in [4.69, 9.17) is 14.5 Å². The molecule has 0 amide bonds. The lowest BCUT2D eigenvalue weighted by molar-refractivity contribution is -0.149. The summed E-state index contributed by atoms with van der Waals surface area (Å²) in [4.78, 5) is 17.7. The zero-order chi connectivity index (χ0) is 26.6. The zero-order valence-electron chi connectivity index (χ0n) is 22.2. The Morgan fingerprint density at radius 1 is 1.03 bits per heavy atom. The maximum atomic E-state index is 11.6. The van der Waals surface area contributed by atoms with Crippen LogP contribution >= 0.6 is 11.3 Å². The summed E-state index contributed by atoms with van der Waals surface area (Å²) in [6.07, 6.45) is 0.150. The minimum atomic E-state index is -0.950. The van der Waals surface area contributed by atoms with E-state index in [1.165, 1.54) is 10.4 Å². The van der Waals surface area contributed by atoms with Crippen LogP contribution in [-0.4, -0.2) is 35.4 Å². The number of rotatable bonds is 10. The number of ether oxygens (including phenoxy) is 2. The minimum absolute atomic E-state index is 0.128. The van der Waals surface area contributed by atoms with Crippen molar-refractivity contribution in [1.29, 1.82) is 0 Å². The van der Waals surface area contributed by atoms with Gasteiger partial charge < -0.3 is 14.6 Å². The number of aliphatic carboxylic acids is 1. The summed E-state index contributed by atoms with van der Waals surface area (Å²) in [6, 6.07) is 20.5. The Labute approximate surface area is 223 Å². The summed E-state index contributed by atoms with van der Waals surface area (Å²) in [6.45, 7) is 11.4. The van der Waals surface area contributed by atoms with Crippen LogP contribution in [0.4, 0.5) is 0 Å². The summed E-state index contributed by atoms with van der Waals surface area (Å²) in [7, 11) is 0. The average molecular weight is 518 g/mol. The van der Waals surface area contributed by atoms with Crippen molar-refractivity contribution in [2.75, 3.05) is 13.2 Å². The average Bonchev–Trinajstić information content (AvgIpc) is 3.24. The molecule has 5 nitrogen and oxygen atoms in total. The third kappa shape index (κ3) is 6.38. The van der Waals surface area contributed by atoms with Crippen molar-refractivity contribution in [2.24, 2.45) is 0 Å². The van der Waals surface area contributed by atoms with E-state index in [1.54, 1.807) is 18.3 Å². The Kier molecular flexibility index (Phi) is 8.30. The summed E-state index contributed by atoms with van der Waals surface area (Å²) >= 11 is 1.72. The molecule has 194 valence electrons. The molecule has 0 aliphatic carbocycles. The van der Waals surface area contributed by atoms with Gasteiger partial charge in [0.25, 0.3) is 0 Å². The molecule has 0 saturated heterocycles. The maximum Gasteiger partial charge on any atom is 0.333 e. The first-order valence-corrected chi connectivity index (χ1v) is 13.5. The third-order valence-electron chi connectivity index (χ3n) is 6.51. The smallest absolute Gasteiger partial charge is 0.333 e. The van der Waals surface area contributed by atoms with E-state index in [1.807, 2.05) is 36.4 Å². The maximum absolute atomic E-state index is 11.6. The van der Waals surface area contributed by atoms with Gasteiger partial charge in [-0.2, -0.15) is 0 Å². The van der Waals surface area contributed by atoms with Crippen molar-refractivity contribution in [3.05, 3.63) is 82.4 Å². The van der Waals surface area contributed by atoms with E-state index in [0.717, 1.165) is 38.4 Å². The highest BCUT2D eigenvalue weighted by Gasteiger charge is 2.20. The highest BCUT2D eigenvalue weighted by molar-refractivity contribution is 7.15. The van der Waals surface area contributed by atoms with E-state index in [9.17, 15) is 9.90 Å². The first-order valence-electron chi connectivity index (χ1n) is 12.7. The number of benzene rings is 3. The van der Waals surface area contributed by atoms with E-state index in [2.05, 4.69) is 52.0 Å². The predicted octanol–water partition coefficient (Wildman–Crippen LogP) is 7.22. The lowest BCUT2D eigenvalue weighted by atomic mass is 9.87. The molecule has 4 rings (SSSR count). The van der Waals surface area contributed by atoms with Gasteiger partial charge in [0.15, 0.2) is 6.10 Å². The number of carbonyl (C=O) groups is 1. The molecule has 37 heavy (non-hydrogen) atoms. The molecule has 0 bridgehead atoms. The number of hydrogen-bond donors (Lipinski definition) is 1. The fourth-order valence-corrected chi connectivity index (χ4v) is 5.38. The second kappa shape index (κ2) is 11.4. The van der Waals surface area contributed by atoms with Crippen molar-refractivity contribution in [3.63, 3.8) is 0 Å². The monoisotopic (exact) mass is 517 g/mol. The second-order valence-electron chi connectivity index (χ2n) is 10.2. The molecule has 0 fully saturated rings. The molecule has 3 aromatic carbocycles. The topological polar surface area (TPSA) is 68.7 Å². The normalized spacial score (nSPS) is 12.6. The number of aryl methyl sites for hydroxylation is 1. The lowest BCUT2D eigenvalue weighted by Crippen LogP contribution is -2.26. The molecular formula is C31H35NO4S. The molecule has 1 atom stereocenters. The molecule has 0 aliphatic heterocycles. The quantitative estimate of drug-likeness (QED) is 0.240. The summed E-state index contributed by atoms with van der Waals surface area (Å²) in [5, 5.41) is 12.5. The molecule has 0 saturated carbocycles. The Balaban J connectivity index is 1.47. The highest BCUT2D eigenvalue weighted by atomic mass is 32.1. The van der Waals surface area contributed by atoms with Crippen LogP contribution in [0.25, 0.3) is 21.3 Å². The van der Waals surface area contributed by atoms with Crippen molar-refractivity contribution in [2.45, 2.75) is 59.0 Å². The van der Waals surface area contributed by atoms with Gasteiger partial charge in [0.1, 0.15) is 10.8 Å². The van der Waals surface area contributed by atoms with Gasteiger partial charge in [-0.15, -0.1) is 11.3 Å². The highest BCUT2D eigenvalue weighted by Crippen LogP contribution is 2.32. The van der Waals surface area contributed by atoms with Crippen LogP contribution in [0.15, 0.2) is 60.7 Å². The van der Waals surface area contributed by atoms with Crippen LogP contribution in [0, 0.1) is 6.92 Å². The number of carboxylic acids is 1. The van der Waals surface area contributed by atoms with Crippen LogP contribution in [-0.2, 0) is 27.8 Å².